The van der Waals surface area contributed by atoms with Crippen LogP contribution in [0.5, 0.6) is 5.75 Å². The monoisotopic (exact) mass is 281 g/mol. The number of aromatic nitrogens is 3. The van der Waals surface area contributed by atoms with Crippen LogP contribution in [-0.2, 0) is 13.7 Å². The second kappa shape index (κ2) is 5.27. The van der Waals surface area contributed by atoms with Crippen LogP contribution in [0.4, 0.5) is 0 Å². The summed E-state index contributed by atoms with van der Waals surface area (Å²) in [5.74, 6) is 0.529. The van der Waals surface area contributed by atoms with Crippen LogP contribution in [0, 0.1) is 6.92 Å². The average Bonchev–Trinajstić information content (AvgIpc) is 2.68. The van der Waals surface area contributed by atoms with Crippen molar-refractivity contribution in [2.24, 2.45) is 7.05 Å². The molecule has 0 unspecified atom stereocenters. The van der Waals surface area contributed by atoms with Gasteiger partial charge in [0, 0.05) is 12.1 Å². The molecular formula is C12H12ClN3O3. The maximum absolute atomic E-state index is 11.1. The highest BCUT2D eigenvalue weighted by molar-refractivity contribution is 6.31. The summed E-state index contributed by atoms with van der Waals surface area (Å²) >= 11 is 5.76. The molecule has 100 valence electrons. The van der Waals surface area contributed by atoms with E-state index in [-0.39, 0.29) is 17.9 Å². The minimum absolute atomic E-state index is 0.0198. The van der Waals surface area contributed by atoms with Crippen LogP contribution in [0.2, 0.25) is 5.02 Å². The zero-order valence-corrected chi connectivity index (χ0v) is 11.2. The first kappa shape index (κ1) is 13.4. The van der Waals surface area contributed by atoms with Gasteiger partial charge in [-0.25, -0.2) is 4.79 Å². The van der Waals surface area contributed by atoms with Crippen molar-refractivity contribution >= 4 is 17.6 Å². The first-order chi connectivity index (χ1) is 8.99. The number of hydrogen-bond donors (Lipinski definition) is 1. The SMILES string of the molecule is Cc1nnc(COc2ccc(Cl)cc2C(=O)O)n1C. The number of aromatic carboxylic acids is 1. The Morgan fingerprint density at radius 3 is 2.79 bits per heavy atom. The zero-order valence-electron chi connectivity index (χ0n) is 10.4. The molecule has 7 heteroatoms. The first-order valence-corrected chi connectivity index (χ1v) is 5.87. The van der Waals surface area contributed by atoms with Crippen LogP contribution >= 0.6 is 11.6 Å². The van der Waals surface area contributed by atoms with Gasteiger partial charge in [-0.1, -0.05) is 11.6 Å². The fourth-order valence-electron chi connectivity index (χ4n) is 1.51. The van der Waals surface area contributed by atoms with Crippen molar-refractivity contribution < 1.29 is 14.6 Å². The summed E-state index contributed by atoms with van der Waals surface area (Å²) in [6.07, 6.45) is 0. The van der Waals surface area contributed by atoms with Gasteiger partial charge < -0.3 is 14.4 Å². The number of carboxylic acid groups (broad SMARTS) is 1. The van der Waals surface area contributed by atoms with E-state index in [1.54, 1.807) is 10.6 Å². The molecule has 1 N–H and O–H groups in total. The van der Waals surface area contributed by atoms with Gasteiger partial charge in [0.1, 0.15) is 23.7 Å². The van der Waals surface area contributed by atoms with E-state index in [0.29, 0.717) is 10.8 Å². The molecular weight excluding hydrogens is 270 g/mol. The van der Waals surface area contributed by atoms with E-state index in [1.165, 1.54) is 12.1 Å². The Morgan fingerprint density at radius 2 is 2.21 bits per heavy atom. The number of aryl methyl sites for hydroxylation is 1. The highest BCUT2D eigenvalue weighted by Gasteiger charge is 2.13. The van der Waals surface area contributed by atoms with Crippen molar-refractivity contribution in [2.45, 2.75) is 13.5 Å². The number of nitrogens with zero attached hydrogens (tertiary/aromatic N) is 3. The molecule has 6 nitrogen and oxygen atoms in total. The Kier molecular flexibility index (Phi) is 3.71. The van der Waals surface area contributed by atoms with Gasteiger partial charge in [0.25, 0.3) is 0 Å². The minimum atomic E-state index is -1.09. The van der Waals surface area contributed by atoms with Crippen LogP contribution in [0.1, 0.15) is 22.0 Å². The maximum Gasteiger partial charge on any atom is 0.339 e. The molecule has 19 heavy (non-hydrogen) atoms. The predicted octanol–water partition coefficient (Wildman–Crippen LogP) is 2.05. The van der Waals surface area contributed by atoms with E-state index in [2.05, 4.69) is 10.2 Å². The summed E-state index contributed by atoms with van der Waals surface area (Å²) in [7, 11) is 1.81. The van der Waals surface area contributed by atoms with Crippen LogP contribution in [0.15, 0.2) is 18.2 Å². The molecule has 0 spiro atoms. The number of hydrogen-bond acceptors (Lipinski definition) is 4. The van der Waals surface area contributed by atoms with Gasteiger partial charge in [-0.15, -0.1) is 10.2 Å². The van der Waals surface area contributed by atoms with Gasteiger partial charge in [0.2, 0.25) is 0 Å². The number of halogens is 1. The number of carbonyl (C=O) groups is 1. The highest BCUT2D eigenvalue weighted by Crippen LogP contribution is 2.23. The lowest BCUT2D eigenvalue weighted by Crippen LogP contribution is -2.07. The van der Waals surface area contributed by atoms with E-state index >= 15 is 0 Å². The Morgan fingerprint density at radius 1 is 1.47 bits per heavy atom. The standard InChI is InChI=1S/C12H12ClN3O3/c1-7-14-15-11(16(7)2)6-19-10-4-3-8(13)5-9(10)12(17)18/h3-5H,6H2,1-2H3,(H,17,18). The lowest BCUT2D eigenvalue weighted by atomic mass is 10.2. The molecule has 0 amide bonds. The van der Waals surface area contributed by atoms with Gasteiger partial charge in [0.05, 0.1) is 0 Å². The molecule has 0 aliphatic rings. The van der Waals surface area contributed by atoms with Gasteiger partial charge in [-0.3, -0.25) is 0 Å². The molecule has 0 aliphatic carbocycles. The average molecular weight is 282 g/mol. The largest absolute Gasteiger partial charge is 0.485 e. The molecule has 0 fully saturated rings. The third kappa shape index (κ3) is 2.85. The summed E-state index contributed by atoms with van der Waals surface area (Å²) in [6.45, 7) is 1.96. The van der Waals surface area contributed by atoms with Crippen LogP contribution in [0.25, 0.3) is 0 Å². The minimum Gasteiger partial charge on any atom is -0.485 e. The quantitative estimate of drug-likeness (QED) is 0.928. The molecule has 0 radical (unpaired) electrons. The summed E-state index contributed by atoms with van der Waals surface area (Å²) in [5, 5.41) is 17.3. The van der Waals surface area contributed by atoms with E-state index in [9.17, 15) is 4.79 Å². The molecule has 1 aromatic heterocycles. The molecule has 1 aromatic carbocycles. The van der Waals surface area contributed by atoms with Crippen molar-refractivity contribution in [1.82, 2.24) is 14.8 Å². The second-order valence-corrected chi connectivity index (χ2v) is 4.39. The highest BCUT2D eigenvalue weighted by atomic mass is 35.5. The number of benzene rings is 1. The van der Waals surface area contributed by atoms with Crippen LogP contribution in [-0.4, -0.2) is 25.8 Å². The molecule has 0 bridgehead atoms. The Balaban J connectivity index is 2.20. The Labute approximate surface area is 114 Å². The number of rotatable bonds is 4. The molecule has 0 aliphatic heterocycles. The first-order valence-electron chi connectivity index (χ1n) is 5.49. The Hall–Kier alpha value is -2.08. The van der Waals surface area contributed by atoms with Gasteiger partial charge in [-0.2, -0.15) is 0 Å². The van der Waals surface area contributed by atoms with Gasteiger partial charge in [0.15, 0.2) is 5.82 Å². The normalized spacial score (nSPS) is 10.5. The van der Waals surface area contributed by atoms with Gasteiger partial charge >= 0.3 is 5.97 Å². The van der Waals surface area contributed by atoms with Gasteiger partial charge in [-0.05, 0) is 25.1 Å². The third-order valence-electron chi connectivity index (χ3n) is 2.71. The summed E-state index contributed by atoms with van der Waals surface area (Å²) in [6, 6.07) is 4.45. The smallest absolute Gasteiger partial charge is 0.339 e. The van der Waals surface area contributed by atoms with Crippen LogP contribution < -0.4 is 4.74 Å². The summed E-state index contributed by atoms with van der Waals surface area (Å²) < 4.78 is 7.25. The third-order valence-corrected chi connectivity index (χ3v) is 2.95. The molecule has 0 saturated carbocycles. The Bertz CT molecular complexity index is 625. The predicted molar refractivity (Wildman–Crippen MR) is 68.5 cm³/mol. The lowest BCUT2D eigenvalue weighted by Gasteiger charge is -2.09. The molecule has 2 rings (SSSR count). The van der Waals surface area contributed by atoms with E-state index in [0.717, 1.165) is 5.82 Å². The molecule has 2 aromatic rings. The van der Waals surface area contributed by atoms with E-state index in [4.69, 9.17) is 21.4 Å². The summed E-state index contributed by atoms with van der Waals surface area (Å²) in [4.78, 5) is 11.1. The molecule has 0 atom stereocenters. The fourth-order valence-corrected chi connectivity index (χ4v) is 1.69. The van der Waals surface area contributed by atoms with Crippen molar-refractivity contribution in [3.05, 3.63) is 40.4 Å². The summed E-state index contributed by atoms with van der Waals surface area (Å²) in [5.41, 5.74) is 0.0198. The van der Waals surface area contributed by atoms with Crippen molar-refractivity contribution in [3.63, 3.8) is 0 Å². The molecule has 1 heterocycles. The van der Waals surface area contributed by atoms with Crippen molar-refractivity contribution in [3.8, 4) is 5.75 Å². The second-order valence-electron chi connectivity index (χ2n) is 3.96. The maximum atomic E-state index is 11.1. The number of ether oxygens (including phenoxy) is 1. The van der Waals surface area contributed by atoms with Crippen LogP contribution in [0.3, 0.4) is 0 Å². The zero-order chi connectivity index (χ0) is 14.0. The van der Waals surface area contributed by atoms with Crippen molar-refractivity contribution in [2.75, 3.05) is 0 Å². The fraction of sp³-hybridized carbons (Fsp3) is 0.250. The van der Waals surface area contributed by atoms with E-state index < -0.39 is 5.97 Å². The van der Waals surface area contributed by atoms with Crippen molar-refractivity contribution in [1.29, 1.82) is 0 Å². The number of carboxylic acids is 1. The topological polar surface area (TPSA) is 77.2 Å². The lowest BCUT2D eigenvalue weighted by molar-refractivity contribution is 0.0691. The van der Waals surface area contributed by atoms with E-state index in [1.807, 2.05) is 14.0 Å². The molecule has 0 saturated heterocycles.